The predicted molar refractivity (Wildman–Crippen MR) is 73.1 cm³/mol. The Morgan fingerprint density at radius 1 is 1.38 bits per heavy atom. The number of aliphatic hydroxyl groups excluding tert-OH is 1. The van der Waals surface area contributed by atoms with Gasteiger partial charge in [0.25, 0.3) is 5.91 Å². The SMILES string of the molecule is C[C@H](O)c1onc(-c2ccc(F)cc2)c1C(=O)N1CCC1. The number of benzene rings is 1. The van der Waals surface area contributed by atoms with E-state index in [2.05, 4.69) is 5.16 Å². The molecular weight excluding hydrogens is 275 g/mol. The van der Waals surface area contributed by atoms with Crippen LogP contribution in [0.15, 0.2) is 28.8 Å². The maximum Gasteiger partial charge on any atom is 0.259 e. The molecule has 1 N–H and O–H groups in total. The van der Waals surface area contributed by atoms with Crippen molar-refractivity contribution in [1.29, 1.82) is 0 Å². The number of likely N-dealkylation sites (tertiary alicyclic amines) is 1. The molecule has 1 atom stereocenters. The molecular formula is C15H15FN2O3. The fraction of sp³-hybridized carbons (Fsp3) is 0.333. The highest BCUT2D eigenvalue weighted by Crippen LogP contribution is 2.31. The summed E-state index contributed by atoms with van der Waals surface area (Å²) in [6, 6.07) is 5.66. The van der Waals surface area contributed by atoms with Crippen molar-refractivity contribution in [1.82, 2.24) is 10.1 Å². The average molecular weight is 290 g/mol. The minimum atomic E-state index is -0.938. The van der Waals surface area contributed by atoms with Crippen molar-refractivity contribution in [2.75, 3.05) is 13.1 Å². The normalized spacial score (nSPS) is 15.7. The number of hydrogen-bond acceptors (Lipinski definition) is 4. The molecule has 0 unspecified atom stereocenters. The fourth-order valence-corrected chi connectivity index (χ4v) is 2.28. The van der Waals surface area contributed by atoms with E-state index < -0.39 is 6.10 Å². The zero-order valence-electron chi connectivity index (χ0n) is 11.5. The molecule has 1 amide bonds. The van der Waals surface area contributed by atoms with Gasteiger partial charge in [-0.2, -0.15) is 0 Å². The number of aliphatic hydroxyl groups is 1. The molecule has 2 heterocycles. The van der Waals surface area contributed by atoms with Crippen molar-refractivity contribution in [2.24, 2.45) is 0 Å². The number of carbonyl (C=O) groups is 1. The minimum absolute atomic E-state index is 0.145. The third-order valence-corrected chi connectivity index (χ3v) is 3.57. The fourth-order valence-electron chi connectivity index (χ4n) is 2.28. The second-order valence-electron chi connectivity index (χ2n) is 5.10. The van der Waals surface area contributed by atoms with Crippen LogP contribution >= 0.6 is 0 Å². The van der Waals surface area contributed by atoms with Gasteiger partial charge in [0.05, 0.1) is 0 Å². The Morgan fingerprint density at radius 3 is 2.57 bits per heavy atom. The lowest BCUT2D eigenvalue weighted by molar-refractivity contribution is 0.0641. The summed E-state index contributed by atoms with van der Waals surface area (Å²) in [5.41, 5.74) is 1.18. The second kappa shape index (κ2) is 5.29. The molecule has 1 fully saturated rings. The molecule has 1 aliphatic rings. The van der Waals surface area contributed by atoms with Crippen LogP contribution in [0.2, 0.25) is 0 Å². The van der Waals surface area contributed by atoms with Gasteiger partial charge in [-0.25, -0.2) is 4.39 Å². The Labute approximate surface area is 121 Å². The van der Waals surface area contributed by atoms with Crippen molar-refractivity contribution >= 4 is 5.91 Å². The summed E-state index contributed by atoms with van der Waals surface area (Å²) < 4.78 is 18.2. The highest BCUT2D eigenvalue weighted by Gasteiger charge is 2.31. The van der Waals surface area contributed by atoms with Crippen molar-refractivity contribution in [2.45, 2.75) is 19.4 Å². The van der Waals surface area contributed by atoms with Gasteiger partial charge in [0.15, 0.2) is 5.76 Å². The Bertz CT molecular complexity index is 660. The van der Waals surface area contributed by atoms with Crippen molar-refractivity contribution in [3.63, 3.8) is 0 Å². The number of nitrogens with zero attached hydrogens (tertiary/aromatic N) is 2. The Hall–Kier alpha value is -2.21. The summed E-state index contributed by atoms with van der Waals surface area (Å²) >= 11 is 0. The van der Waals surface area contributed by atoms with Gasteiger partial charge in [-0.15, -0.1) is 0 Å². The van der Waals surface area contributed by atoms with Crippen molar-refractivity contribution in [3.05, 3.63) is 41.4 Å². The van der Waals surface area contributed by atoms with E-state index in [9.17, 15) is 14.3 Å². The van der Waals surface area contributed by atoms with Gasteiger partial charge in [0, 0.05) is 18.7 Å². The molecule has 0 saturated carbocycles. The van der Waals surface area contributed by atoms with Crippen molar-refractivity contribution in [3.8, 4) is 11.3 Å². The van der Waals surface area contributed by atoms with Gasteiger partial charge in [-0.05, 0) is 37.6 Å². The van der Waals surface area contributed by atoms with E-state index >= 15 is 0 Å². The minimum Gasteiger partial charge on any atom is -0.385 e. The van der Waals surface area contributed by atoms with Crippen LogP contribution in [-0.2, 0) is 0 Å². The van der Waals surface area contributed by atoms with E-state index in [0.29, 0.717) is 24.3 Å². The average Bonchev–Trinajstić information content (AvgIpc) is 2.82. The van der Waals surface area contributed by atoms with Crippen LogP contribution in [0, 0.1) is 5.82 Å². The van der Waals surface area contributed by atoms with Gasteiger partial charge >= 0.3 is 0 Å². The summed E-state index contributed by atoms with van der Waals surface area (Å²) in [6.45, 7) is 2.89. The third kappa shape index (κ3) is 2.42. The molecule has 21 heavy (non-hydrogen) atoms. The van der Waals surface area contributed by atoms with Crippen LogP contribution in [-0.4, -0.2) is 34.2 Å². The highest BCUT2D eigenvalue weighted by molar-refractivity contribution is 6.01. The summed E-state index contributed by atoms with van der Waals surface area (Å²) in [6.07, 6.45) is 0.0272. The largest absolute Gasteiger partial charge is 0.385 e. The van der Waals surface area contributed by atoms with E-state index in [0.717, 1.165) is 6.42 Å². The van der Waals surface area contributed by atoms with Gasteiger partial charge in [-0.1, -0.05) is 5.16 Å². The third-order valence-electron chi connectivity index (χ3n) is 3.57. The smallest absolute Gasteiger partial charge is 0.259 e. The standard InChI is InChI=1S/C15H15FN2O3/c1-9(19)14-12(15(20)18-7-2-8-18)13(17-21-14)10-3-5-11(16)6-4-10/h3-6,9,19H,2,7-8H2,1H3/t9-/m0/s1. The summed E-state index contributed by atoms with van der Waals surface area (Å²) in [5, 5.41) is 13.7. The topological polar surface area (TPSA) is 66.6 Å². The lowest BCUT2D eigenvalue weighted by Crippen LogP contribution is -2.42. The van der Waals surface area contributed by atoms with Crippen LogP contribution in [0.5, 0.6) is 0 Å². The van der Waals surface area contributed by atoms with Crippen LogP contribution < -0.4 is 0 Å². The molecule has 2 aromatic rings. The second-order valence-corrected chi connectivity index (χ2v) is 5.10. The van der Waals surface area contributed by atoms with Crippen LogP contribution in [0.3, 0.4) is 0 Å². The maximum atomic E-state index is 13.0. The first-order valence-electron chi connectivity index (χ1n) is 6.81. The number of hydrogen-bond donors (Lipinski definition) is 1. The van der Waals surface area contributed by atoms with Gasteiger partial charge in [0.1, 0.15) is 23.2 Å². The Balaban J connectivity index is 2.07. The number of halogens is 1. The molecule has 110 valence electrons. The first-order chi connectivity index (χ1) is 10.1. The molecule has 1 aromatic heterocycles. The van der Waals surface area contributed by atoms with Gasteiger partial charge in [-0.3, -0.25) is 4.79 Å². The molecule has 0 aliphatic carbocycles. The van der Waals surface area contributed by atoms with Gasteiger partial charge < -0.3 is 14.5 Å². The van der Waals surface area contributed by atoms with Crippen LogP contribution in [0.25, 0.3) is 11.3 Å². The number of rotatable bonds is 3. The molecule has 6 heteroatoms. The molecule has 0 spiro atoms. The molecule has 1 aromatic carbocycles. The zero-order valence-corrected chi connectivity index (χ0v) is 11.5. The highest BCUT2D eigenvalue weighted by atomic mass is 19.1. The molecule has 0 bridgehead atoms. The molecule has 1 saturated heterocycles. The summed E-state index contributed by atoms with van der Waals surface area (Å²) in [7, 11) is 0. The van der Waals surface area contributed by atoms with Crippen LogP contribution in [0.4, 0.5) is 4.39 Å². The van der Waals surface area contributed by atoms with E-state index in [-0.39, 0.29) is 23.0 Å². The lowest BCUT2D eigenvalue weighted by atomic mass is 10.0. The zero-order chi connectivity index (χ0) is 15.0. The molecule has 1 aliphatic heterocycles. The first kappa shape index (κ1) is 13.8. The maximum absolute atomic E-state index is 13.0. The van der Waals surface area contributed by atoms with E-state index in [1.54, 1.807) is 4.90 Å². The van der Waals surface area contributed by atoms with E-state index in [4.69, 9.17) is 4.52 Å². The number of amides is 1. The van der Waals surface area contributed by atoms with E-state index in [1.165, 1.54) is 31.2 Å². The number of carbonyl (C=O) groups excluding carboxylic acids is 1. The lowest BCUT2D eigenvalue weighted by Gasteiger charge is -2.31. The summed E-state index contributed by atoms with van der Waals surface area (Å²) in [4.78, 5) is 14.2. The Morgan fingerprint density at radius 2 is 2.05 bits per heavy atom. The monoisotopic (exact) mass is 290 g/mol. The Kier molecular flexibility index (Phi) is 3.47. The molecule has 5 nitrogen and oxygen atoms in total. The summed E-state index contributed by atoms with van der Waals surface area (Å²) in [5.74, 6) is -0.433. The number of aromatic nitrogens is 1. The van der Waals surface area contributed by atoms with E-state index in [1.807, 2.05) is 0 Å². The first-order valence-corrected chi connectivity index (χ1v) is 6.81. The molecule has 3 rings (SSSR count). The van der Waals surface area contributed by atoms with Crippen LogP contribution in [0.1, 0.15) is 35.6 Å². The quantitative estimate of drug-likeness (QED) is 0.942. The van der Waals surface area contributed by atoms with Crippen molar-refractivity contribution < 1.29 is 18.8 Å². The predicted octanol–water partition coefficient (Wildman–Crippen LogP) is 2.38. The molecule has 0 radical (unpaired) electrons. The van der Waals surface area contributed by atoms with Gasteiger partial charge in [0.2, 0.25) is 0 Å².